The number of nitrogens with one attached hydrogen (secondary N) is 1. The Morgan fingerprint density at radius 3 is 2.43 bits per heavy atom. The van der Waals surface area contributed by atoms with E-state index >= 15 is 0 Å². The molecular weight excluding hydrogens is 480 g/mol. The van der Waals surface area contributed by atoms with Gasteiger partial charge in [0, 0.05) is 5.69 Å². The van der Waals surface area contributed by atoms with Gasteiger partial charge in [-0.3, -0.25) is 14.5 Å². The number of hydrogen-bond acceptors (Lipinski definition) is 6. The van der Waals surface area contributed by atoms with Crippen LogP contribution in [-0.4, -0.2) is 29.9 Å². The van der Waals surface area contributed by atoms with Crippen molar-refractivity contribution < 1.29 is 19.1 Å². The average molecular weight is 505 g/mol. The van der Waals surface area contributed by atoms with Crippen LogP contribution in [-0.2, 0) is 9.59 Å². The van der Waals surface area contributed by atoms with Crippen LogP contribution in [0.3, 0.4) is 0 Å². The molecule has 0 spiro atoms. The molecule has 1 aliphatic rings. The highest BCUT2D eigenvalue weighted by Crippen LogP contribution is 2.37. The van der Waals surface area contributed by atoms with Crippen LogP contribution >= 0.6 is 24.0 Å². The molecular formula is C27H24N2O4S2. The predicted octanol–water partition coefficient (Wildman–Crippen LogP) is 5.74. The molecule has 3 aromatic carbocycles. The van der Waals surface area contributed by atoms with E-state index in [1.165, 1.54) is 23.8 Å². The van der Waals surface area contributed by atoms with Crippen LogP contribution in [0.5, 0.6) is 11.5 Å². The Morgan fingerprint density at radius 1 is 1.03 bits per heavy atom. The fourth-order valence-corrected chi connectivity index (χ4v) is 4.94. The molecule has 178 valence electrons. The van der Waals surface area contributed by atoms with Crippen molar-refractivity contribution in [1.82, 2.24) is 0 Å². The standard InChI is InChI=1S/C27H24N2O4S2/c1-17-8-7-9-18(2)25(17)28-24(30)16-33-21-13-12-19(14-22(21)32-3)15-23-26(31)29(27(34)35-23)20-10-5-4-6-11-20/h4-15H,16H2,1-3H3,(H,28,30)/b23-15-. The maximum Gasteiger partial charge on any atom is 0.270 e. The van der Waals surface area contributed by atoms with E-state index in [1.807, 2.05) is 62.4 Å². The SMILES string of the molecule is COc1cc(/C=C2\SC(=S)N(c3ccccc3)C2=O)ccc1OCC(=O)Nc1c(C)cccc1C. The van der Waals surface area contributed by atoms with Crippen LogP contribution in [0.4, 0.5) is 11.4 Å². The maximum absolute atomic E-state index is 13.0. The number of carbonyl (C=O) groups is 2. The number of anilines is 2. The second-order valence-corrected chi connectivity index (χ2v) is 9.54. The lowest BCUT2D eigenvalue weighted by atomic mass is 10.1. The lowest BCUT2D eigenvalue weighted by Gasteiger charge is -2.14. The first kappa shape index (κ1) is 24.5. The number of benzene rings is 3. The Labute approximate surface area is 213 Å². The van der Waals surface area contributed by atoms with Crippen LogP contribution in [0.2, 0.25) is 0 Å². The van der Waals surface area contributed by atoms with Crippen molar-refractivity contribution in [3.05, 3.63) is 88.3 Å². The van der Waals surface area contributed by atoms with E-state index < -0.39 is 0 Å². The van der Waals surface area contributed by atoms with Gasteiger partial charge >= 0.3 is 0 Å². The number of hydrogen-bond donors (Lipinski definition) is 1. The molecule has 1 N–H and O–H groups in total. The number of carbonyl (C=O) groups excluding carboxylic acids is 2. The molecule has 0 aliphatic carbocycles. The minimum Gasteiger partial charge on any atom is -0.493 e. The van der Waals surface area contributed by atoms with E-state index in [2.05, 4.69) is 5.32 Å². The van der Waals surface area contributed by atoms with Crippen molar-refractivity contribution in [2.75, 3.05) is 23.9 Å². The minimum atomic E-state index is -0.266. The molecule has 3 aromatic rings. The van der Waals surface area contributed by atoms with Gasteiger partial charge in [-0.25, -0.2) is 0 Å². The highest BCUT2D eigenvalue weighted by molar-refractivity contribution is 8.27. The van der Waals surface area contributed by atoms with Crippen molar-refractivity contribution in [3.63, 3.8) is 0 Å². The molecule has 1 saturated heterocycles. The molecule has 1 heterocycles. The number of amides is 2. The van der Waals surface area contributed by atoms with E-state index in [-0.39, 0.29) is 18.4 Å². The molecule has 4 rings (SSSR count). The molecule has 0 unspecified atom stereocenters. The Morgan fingerprint density at radius 2 is 1.74 bits per heavy atom. The molecule has 1 aliphatic heterocycles. The summed E-state index contributed by atoms with van der Waals surface area (Å²) in [5.74, 6) is 0.446. The lowest BCUT2D eigenvalue weighted by Crippen LogP contribution is -2.27. The summed E-state index contributed by atoms with van der Waals surface area (Å²) in [6, 6.07) is 20.4. The molecule has 0 bridgehead atoms. The van der Waals surface area contributed by atoms with Crippen LogP contribution in [0.15, 0.2) is 71.6 Å². The van der Waals surface area contributed by atoms with Crippen LogP contribution in [0.25, 0.3) is 6.08 Å². The summed E-state index contributed by atoms with van der Waals surface area (Å²) in [6.07, 6.45) is 1.77. The van der Waals surface area contributed by atoms with Gasteiger partial charge in [0.1, 0.15) is 0 Å². The summed E-state index contributed by atoms with van der Waals surface area (Å²) < 4.78 is 11.7. The summed E-state index contributed by atoms with van der Waals surface area (Å²) in [5.41, 5.74) is 4.24. The first-order valence-corrected chi connectivity index (χ1v) is 12.1. The quantitative estimate of drug-likeness (QED) is 0.327. The summed E-state index contributed by atoms with van der Waals surface area (Å²) in [5, 5.41) is 2.90. The van der Waals surface area contributed by atoms with E-state index in [4.69, 9.17) is 21.7 Å². The third-order valence-corrected chi connectivity index (χ3v) is 6.70. The van der Waals surface area contributed by atoms with E-state index in [9.17, 15) is 9.59 Å². The fraction of sp³-hybridized carbons (Fsp3) is 0.148. The van der Waals surface area contributed by atoms with E-state index in [0.717, 1.165) is 28.1 Å². The zero-order valence-electron chi connectivity index (χ0n) is 19.5. The van der Waals surface area contributed by atoms with Crippen molar-refractivity contribution in [2.24, 2.45) is 0 Å². The zero-order valence-corrected chi connectivity index (χ0v) is 21.2. The number of thioether (sulfide) groups is 1. The molecule has 8 heteroatoms. The Hall–Kier alpha value is -3.62. The molecule has 6 nitrogen and oxygen atoms in total. The first-order chi connectivity index (χ1) is 16.9. The second kappa shape index (κ2) is 10.8. The first-order valence-electron chi connectivity index (χ1n) is 10.9. The third kappa shape index (κ3) is 5.55. The second-order valence-electron chi connectivity index (χ2n) is 7.87. The minimum absolute atomic E-state index is 0.167. The van der Waals surface area contributed by atoms with Crippen LogP contribution in [0, 0.1) is 13.8 Å². The lowest BCUT2D eigenvalue weighted by molar-refractivity contribution is -0.118. The summed E-state index contributed by atoms with van der Waals surface area (Å²) in [6.45, 7) is 3.72. The summed E-state index contributed by atoms with van der Waals surface area (Å²) >= 11 is 6.68. The number of ether oxygens (including phenoxy) is 2. The van der Waals surface area contributed by atoms with Gasteiger partial charge in [0.15, 0.2) is 22.4 Å². The van der Waals surface area contributed by atoms with Gasteiger partial charge in [-0.15, -0.1) is 0 Å². The normalized spacial score (nSPS) is 14.4. The smallest absolute Gasteiger partial charge is 0.270 e. The van der Waals surface area contributed by atoms with Crippen LogP contribution in [0.1, 0.15) is 16.7 Å². The topological polar surface area (TPSA) is 67.9 Å². The van der Waals surface area contributed by atoms with Crippen molar-refractivity contribution >= 4 is 57.6 Å². The number of nitrogens with zero attached hydrogens (tertiary/aromatic N) is 1. The van der Waals surface area contributed by atoms with E-state index in [0.29, 0.717) is 20.7 Å². The van der Waals surface area contributed by atoms with E-state index in [1.54, 1.807) is 24.3 Å². The Kier molecular flexibility index (Phi) is 7.53. The van der Waals surface area contributed by atoms with Crippen LogP contribution < -0.4 is 19.7 Å². The van der Waals surface area contributed by atoms with Gasteiger partial charge in [-0.1, -0.05) is 66.4 Å². The Balaban J connectivity index is 1.46. The predicted molar refractivity (Wildman–Crippen MR) is 145 cm³/mol. The zero-order chi connectivity index (χ0) is 24.9. The van der Waals surface area contributed by atoms with Crippen molar-refractivity contribution in [3.8, 4) is 11.5 Å². The van der Waals surface area contributed by atoms with Crippen molar-refractivity contribution in [1.29, 1.82) is 0 Å². The number of rotatable bonds is 7. The van der Waals surface area contributed by atoms with Gasteiger partial charge in [-0.2, -0.15) is 0 Å². The molecule has 1 fully saturated rings. The molecule has 0 saturated carbocycles. The third-order valence-electron chi connectivity index (χ3n) is 5.40. The maximum atomic E-state index is 13.0. The highest BCUT2D eigenvalue weighted by Gasteiger charge is 2.33. The average Bonchev–Trinajstić information content (AvgIpc) is 3.13. The molecule has 0 atom stereocenters. The number of methoxy groups -OCH3 is 1. The monoisotopic (exact) mass is 504 g/mol. The van der Waals surface area contributed by atoms with Gasteiger partial charge < -0.3 is 14.8 Å². The molecule has 0 aromatic heterocycles. The molecule has 0 radical (unpaired) electrons. The highest BCUT2D eigenvalue weighted by atomic mass is 32.2. The van der Waals surface area contributed by atoms with Crippen molar-refractivity contribution in [2.45, 2.75) is 13.8 Å². The summed E-state index contributed by atoms with van der Waals surface area (Å²) in [4.78, 5) is 27.5. The number of para-hydroxylation sites is 2. The molecule has 2 amide bonds. The van der Waals surface area contributed by atoms with Gasteiger partial charge in [0.05, 0.1) is 17.7 Å². The largest absolute Gasteiger partial charge is 0.493 e. The van der Waals surface area contributed by atoms with Gasteiger partial charge in [0.25, 0.3) is 11.8 Å². The number of aryl methyl sites for hydroxylation is 2. The van der Waals surface area contributed by atoms with Gasteiger partial charge in [-0.05, 0) is 60.9 Å². The number of thiocarbonyl (C=S) groups is 1. The fourth-order valence-electron chi connectivity index (χ4n) is 3.64. The summed E-state index contributed by atoms with van der Waals surface area (Å²) in [7, 11) is 1.53. The molecule has 35 heavy (non-hydrogen) atoms. The van der Waals surface area contributed by atoms with Gasteiger partial charge in [0.2, 0.25) is 0 Å². The Bertz CT molecular complexity index is 1300.